The van der Waals surface area contributed by atoms with Gasteiger partial charge in [-0.15, -0.1) is 0 Å². The molecule has 2 aromatic rings. The van der Waals surface area contributed by atoms with Crippen LogP contribution in [0, 0.1) is 11.8 Å². The first-order valence-electron chi connectivity index (χ1n) is 16.9. The Hall–Kier alpha value is -4.62. The standard InChI is InChI=1S/C33H45N7O12S2/c1-33(2,9-3-6-24(44)38-19(13-26(45)46)31(49)39-20(32(50)51)14-27(47)48)54-53-12-8-23(43)35-10-4-5-18-16-40(30-28(18)29(34)36-17-37-30)25-15-21(42)22(52-25)7-11-41/h16-17,19-22,25,41-42H,3,6-15H2,1-2H3,(H,35,43)(H,38,44)(H,39,49)(H,45,46)(H,47,48)(H,50,51)(H2,34,36,37). The van der Waals surface area contributed by atoms with Crippen molar-refractivity contribution < 1.29 is 59.0 Å². The summed E-state index contributed by atoms with van der Waals surface area (Å²) < 4.78 is 7.35. The minimum atomic E-state index is -1.80. The van der Waals surface area contributed by atoms with Gasteiger partial charge in [-0.1, -0.05) is 33.4 Å². The first-order valence-corrected chi connectivity index (χ1v) is 19.2. The van der Waals surface area contributed by atoms with Crippen molar-refractivity contribution in [2.24, 2.45) is 0 Å². The molecule has 296 valence electrons. The number of nitrogens with one attached hydrogen (secondary N) is 3. The van der Waals surface area contributed by atoms with Crippen molar-refractivity contribution in [2.75, 3.05) is 24.6 Å². The largest absolute Gasteiger partial charge is 0.481 e. The lowest BCUT2D eigenvalue weighted by atomic mass is 10.0. The van der Waals surface area contributed by atoms with E-state index in [2.05, 4.69) is 32.4 Å². The van der Waals surface area contributed by atoms with Gasteiger partial charge in [0.15, 0.2) is 0 Å². The zero-order chi connectivity index (χ0) is 40.0. The normalized spacial score (nSPS) is 17.9. The number of nitrogens with two attached hydrogens (primary N) is 1. The number of amides is 3. The Labute approximate surface area is 318 Å². The fraction of sp³-hybridized carbons (Fsp3) is 0.576. The Balaban J connectivity index is 1.41. The van der Waals surface area contributed by atoms with Crippen molar-refractivity contribution in [3.05, 3.63) is 18.1 Å². The Bertz CT molecular complexity index is 1740. The van der Waals surface area contributed by atoms with Crippen LogP contribution in [0.5, 0.6) is 0 Å². The molecule has 0 saturated carbocycles. The number of anilines is 1. The van der Waals surface area contributed by atoms with E-state index in [1.54, 1.807) is 10.8 Å². The lowest BCUT2D eigenvalue weighted by Gasteiger charge is -2.23. The number of fused-ring (bicyclic) bond motifs is 1. The van der Waals surface area contributed by atoms with Crippen molar-refractivity contribution in [1.82, 2.24) is 30.5 Å². The number of hydrogen-bond acceptors (Lipinski definition) is 14. The second-order valence-corrected chi connectivity index (χ2v) is 16.0. The molecule has 1 saturated heterocycles. The number of aliphatic hydroxyl groups is 2. The van der Waals surface area contributed by atoms with Crippen molar-refractivity contribution in [3.63, 3.8) is 0 Å². The van der Waals surface area contributed by atoms with E-state index in [1.165, 1.54) is 27.9 Å². The van der Waals surface area contributed by atoms with Gasteiger partial charge in [-0.2, -0.15) is 0 Å². The van der Waals surface area contributed by atoms with Gasteiger partial charge in [-0.3, -0.25) is 24.0 Å². The summed E-state index contributed by atoms with van der Waals surface area (Å²) in [6.45, 7) is 3.86. The molecule has 3 amide bonds. The molecule has 1 fully saturated rings. The van der Waals surface area contributed by atoms with Crippen LogP contribution in [0.3, 0.4) is 0 Å². The number of carboxylic acid groups (broad SMARTS) is 3. The van der Waals surface area contributed by atoms with Crippen molar-refractivity contribution in [3.8, 4) is 11.8 Å². The number of aromatic nitrogens is 3. The van der Waals surface area contributed by atoms with Crippen LogP contribution in [0.4, 0.5) is 5.82 Å². The summed E-state index contributed by atoms with van der Waals surface area (Å²) in [7, 11) is 3.00. The molecule has 2 aromatic heterocycles. The van der Waals surface area contributed by atoms with Gasteiger partial charge in [-0.25, -0.2) is 14.8 Å². The lowest BCUT2D eigenvalue weighted by molar-refractivity contribution is -0.148. The van der Waals surface area contributed by atoms with Crippen LogP contribution in [-0.2, 0) is 33.5 Å². The van der Waals surface area contributed by atoms with Gasteiger partial charge in [-0.05, 0) is 33.1 Å². The summed E-state index contributed by atoms with van der Waals surface area (Å²) in [4.78, 5) is 79.3. The molecule has 10 N–H and O–H groups in total. The van der Waals surface area contributed by atoms with Crippen LogP contribution < -0.4 is 21.7 Å². The number of carbonyl (C=O) groups excluding carboxylic acids is 3. The molecule has 0 radical (unpaired) electrons. The highest BCUT2D eigenvalue weighted by Gasteiger charge is 2.36. The molecule has 3 heterocycles. The van der Waals surface area contributed by atoms with E-state index in [0.29, 0.717) is 48.0 Å². The van der Waals surface area contributed by atoms with Crippen molar-refractivity contribution in [2.45, 2.75) is 100 Å². The maximum atomic E-state index is 12.5. The summed E-state index contributed by atoms with van der Waals surface area (Å²) in [5.41, 5.74) is 7.14. The highest BCUT2D eigenvalue weighted by atomic mass is 33.1. The fourth-order valence-electron chi connectivity index (χ4n) is 5.42. The van der Waals surface area contributed by atoms with Gasteiger partial charge in [0.1, 0.15) is 36.1 Å². The number of aliphatic hydroxyl groups excluding tert-OH is 2. The maximum Gasteiger partial charge on any atom is 0.326 e. The number of aliphatic carboxylic acids is 3. The number of ether oxygens (including phenoxy) is 1. The quantitative estimate of drug-likeness (QED) is 0.0464. The summed E-state index contributed by atoms with van der Waals surface area (Å²) in [6.07, 6.45) is 1.14. The lowest BCUT2D eigenvalue weighted by Crippen LogP contribution is -2.52. The molecular formula is C33H45N7O12S2. The average Bonchev–Trinajstić information content (AvgIpc) is 3.64. The summed E-state index contributed by atoms with van der Waals surface area (Å²) in [5.74, 6) is 0.123. The first kappa shape index (κ1) is 43.8. The van der Waals surface area contributed by atoms with E-state index in [4.69, 9.17) is 25.8 Å². The van der Waals surface area contributed by atoms with Crippen LogP contribution in [-0.4, -0.2) is 124 Å². The first-order chi connectivity index (χ1) is 25.5. The minimum absolute atomic E-state index is 0.0539. The van der Waals surface area contributed by atoms with E-state index in [1.807, 2.05) is 19.2 Å². The summed E-state index contributed by atoms with van der Waals surface area (Å²) in [6, 6.07) is -3.40. The van der Waals surface area contributed by atoms with Crippen molar-refractivity contribution in [1.29, 1.82) is 0 Å². The zero-order valence-electron chi connectivity index (χ0n) is 29.6. The van der Waals surface area contributed by atoms with E-state index < -0.39 is 73.1 Å². The Morgan fingerprint density at radius 2 is 1.76 bits per heavy atom. The number of carboxylic acids is 3. The fourth-order valence-corrected chi connectivity index (χ4v) is 8.02. The zero-order valence-corrected chi connectivity index (χ0v) is 31.3. The topological polar surface area (TPSA) is 306 Å². The molecule has 1 aliphatic heterocycles. The molecule has 5 unspecified atom stereocenters. The van der Waals surface area contributed by atoms with Crippen LogP contribution in [0.2, 0.25) is 0 Å². The molecule has 0 bridgehead atoms. The minimum Gasteiger partial charge on any atom is -0.481 e. The number of nitrogens with zero attached hydrogens (tertiary/aromatic N) is 3. The van der Waals surface area contributed by atoms with Gasteiger partial charge < -0.3 is 56.5 Å². The second kappa shape index (κ2) is 20.7. The molecule has 0 aromatic carbocycles. The maximum absolute atomic E-state index is 12.5. The molecule has 5 atom stereocenters. The third-order valence-electron chi connectivity index (χ3n) is 8.07. The highest BCUT2D eigenvalue weighted by molar-refractivity contribution is 8.77. The highest BCUT2D eigenvalue weighted by Crippen LogP contribution is 2.39. The molecule has 3 rings (SSSR count). The van der Waals surface area contributed by atoms with Gasteiger partial charge >= 0.3 is 17.9 Å². The monoisotopic (exact) mass is 795 g/mol. The molecule has 21 heteroatoms. The van der Waals surface area contributed by atoms with Gasteiger partial charge in [0, 0.05) is 42.6 Å². The summed E-state index contributed by atoms with van der Waals surface area (Å²) >= 11 is 0. The third-order valence-corrected chi connectivity index (χ3v) is 11.4. The van der Waals surface area contributed by atoms with E-state index in [0.717, 1.165) is 0 Å². The number of nitrogen functional groups attached to an aromatic ring is 1. The molecule has 0 aliphatic carbocycles. The van der Waals surface area contributed by atoms with E-state index in [9.17, 15) is 39.0 Å². The van der Waals surface area contributed by atoms with E-state index in [-0.39, 0.29) is 42.5 Å². The van der Waals surface area contributed by atoms with Gasteiger partial charge in [0.2, 0.25) is 17.7 Å². The van der Waals surface area contributed by atoms with Crippen LogP contribution >= 0.6 is 21.6 Å². The summed E-state index contributed by atoms with van der Waals surface area (Å²) in [5, 5.41) is 54.3. The van der Waals surface area contributed by atoms with Crippen LogP contribution in [0.25, 0.3) is 11.0 Å². The van der Waals surface area contributed by atoms with Crippen LogP contribution in [0.1, 0.15) is 77.0 Å². The predicted molar refractivity (Wildman–Crippen MR) is 197 cm³/mol. The number of carbonyl (C=O) groups is 6. The molecule has 19 nitrogen and oxygen atoms in total. The number of hydrogen-bond donors (Lipinski definition) is 9. The molecule has 54 heavy (non-hydrogen) atoms. The van der Waals surface area contributed by atoms with Gasteiger partial charge in [0.25, 0.3) is 0 Å². The Morgan fingerprint density at radius 1 is 1.06 bits per heavy atom. The Morgan fingerprint density at radius 3 is 2.43 bits per heavy atom. The predicted octanol–water partition coefficient (Wildman–Crippen LogP) is 0.236. The van der Waals surface area contributed by atoms with Crippen LogP contribution in [0.15, 0.2) is 12.5 Å². The Kier molecular flexibility index (Phi) is 16.8. The average molecular weight is 796 g/mol. The van der Waals surface area contributed by atoms with E-state index >= 15 is 0 Å². The number of rotatable bonds is 21. The second-order valence-electron chi connectivity index (χ2n) is 12.9. The SMILES string of the molecule is CC(C)(CCCC(=O)NC(CC(=O)O)C(=O)NC(CC(=O)O)C(=O)O)SSCCC(=O)NCC#Cc1cn(C2CC(O)C(CCO)O2)c2ncnc(N)c12. The molecule has 0 spiro atoms. The van der Waals surface area contributed by atoms with Crippen molar-refractivity contribution >= 4 is 74.1 Å². The third kappa shape index (κ3) is 13.7. The van der Waals surface area contributed by atoms with Gasteiger partial charge in [0.05, 0.1) is 42.5 Å². The molecular weight excluding hydrogens is 751 g/mol. The smallest absolute Gasteiger partial charge is 0.326 e. The molecule has 1 aliphatic rings.